The van der Waals surface area contributed by atoms with Crippen LogP contribution in [0.5, 0.6) is 0 Å². The van der Waals surface area contributed by atoms with Crippen LogP contribution in [0.15, 0.2) is 24.3 Å². The van der Waals surface area contributed by atoms with Crippen molar-refractivity contribution in [2.45, 2.75) is 19.4 Å². The third kappa shape index (κ3) is 2.51. The molecule has 0 spiro atoms. The third-order valence-corrected chi connectivity index (χ3v) is 2.99. The molecule has 0 radical (unpaired) electrons. The summed E-state index contributed by atoms with van der Waals surface area (Å²) in [6.45, 7) is 4.14. The van der Waals surface area contributed by atoms with Crippen LogP contribution < -0.4 is 0 Å². The Kier molecular flexibility index (Phi) is 4.14. The molecule has 1 atom stereocenters. The number of rotatable bonds is 4. The summed E-state index contributed by atoms with van der Waals surface area (Å²) >= 11 is 6.07. The second-order valence-electron chi connectivity index (χ2n) is 3.99. The molecule has 0 bridgehead atoms. The van der Waals surface area contributed by atoms with Crippen molar-refractivity contribution in [1.82, 2.24) is 0 Å². The van der Waals surface area contributed by atoms with Gasteiger partial charge in [0.1, 0.15) is 5.60 Å². The van der Waals surface area contributed by atoms with E-state index < -0.39 is 5.60 Å². The van der Waals surface area contributed by atoms with E-state index in [1.165, 1.54) is 0 Å². The van der Waals surface area contributed by atoms with E-state index in [-0.39, 0.29) is 12.5 Å². The van der Waals surface area contributed by atoms with Crippen LogP contribution in [-0.4, -0.2) is 18.8 Å². The van der Waals surface area contributed by atoms with Gasteiger partial charge in [-0.15, -0.1) is 0 Å². The van der Waals surface area contributed by atoms with Crippen molar-refractivity contribution in [1.29, 1.82) is 0 Å². The molecule has 84 valence electrons. The van der Waals surface area contributed by atoms with Gasteiger partial charge in [0.05, 0.1) is 6.61 Å². The lowest BCUT2D eigenvalue weighted by Crippen LogP contribution is -2.37. The van der Waals surface area contributed by atoms with Gasteiger partial charge in [-0.1, -0.05) is 43.6 Å². The molecule has 0 fully saturated rings. The summed E-state index contributed by atoms with van der Waals surface area (Å²) in [5, 5.41) is 11.1. The lowest BCUT2D eigenvalue weighted by molar-refractivity contribution is -0.0699. The summed E-state index contributed by atoms with van der Waals surface area (Å²) < 4.78 is 5.07. The van der Waals surface area contributed by atoms with E-state index in [0.717, 1.165) is 5.56 Å². The van der Waals surface area contributed by atoms with Crippen LogP contribution in [0.2, 0.25) is 5.02 Å². The summed E-state index contributed by atoms with van der Waals surface area (Å²) in [5.41, 5.74) is -0.295. The van der Waals surface area contributed by atoms with Crippen LogP contribution in [-0.2, 0) is 10.3 Å². The highest BCUT2D eigenvalue weighted by Crippen LogP contribution is 2.34. The molecule has 1 N–H and O–H groups in total. The van der Waals surface area contributed by atoms with Crippen LogP contribution in [0.3, 0.4) is 0 Å². The largest absolute Gasteiger partial charge is 0.382 e. The first-order chi connectivity index (χ1) is 7.02. The fourth-order valence-electron chi connectivity index (χ4n) is 1.59. The quantitative estimate of drug-likeness (QED) is 0.859. The number of halogens is 1. The van der Waals surface area contributed by atoms with Crippen molar-refractivity contribution in [2.24, 2.45) is 5.92 Å². The Hall–Kier alpha value is -0.570. The standard InChI is InChI=1S/C12H17ClO2/c1-9(2)12(14,8-15-3)10-6-4-5-7-11(10)13/h4-7,9,14H,8H2,1-3H3. The highest BCUT2D eigenvalue weighted by atomic mass is 35.5. The average molecular weight is 229 g/mol. The van der Waals surface area contributed by atoms with Crippen molar-refractivity contribution in [2.75, 3.05) is 13.7 Å². The van der Waals surface area contributed by atoms with E-state index in [4.69, 9.17) is 16.3 Å². The Labute approximate surface area is 95.8 Å². The lowest BCUT2D eigenvalue weighted by atomic mass is 9.84. The maximum absolute atomic E-state index is 10.5. The normalized spacial score (nSPS) is 15.3. The molecule has 1 aromatic rings. The second kappa shape index (κ2) is 4.97. The molecule has 0 amide bonds. The van der Waals surface area contributed by atoms with Gasteiger partial charge in [-0.25, -0.2) is 0 Å². The Balaban J connectivity index is 3.15. The zero-order valence-corrected chi connectivity index (χ0v) is 10.1. The van der Waals surface area contributed by atoms with Gasteiger partial charge in [0, 0.05) is 17.7 Å². The van der Waals surface area contributed by atoms with E-state index >= 15 is 0 Å². The topological polar surface area (TPSA) is 29.5 Å². The third-order valence-electron chi connectivity index (χ3n) is 2.66. The Bertz CT molecular complexity index is 325. The number of hydrogen-bond donors (Lipinski definition) is 1. The zero-order chi connectivity index (χ0) is 11.5. The van der Waals surface area contributed by atoms with Gasteiger partial charge in [-0.05, 0) is 12.0 Å². The number of aliphatic hydroxyl groups is 1. The molecule has 0 saturated heterocycles. The van der Waals surface area contributed by atoms with E-state index in [2.05, 4.69) is 0 Å². The molecule has 0 aliphatic heterocycles. The smallest absolute Gasteiger partial charge is 0.117 e. The number of methoxy groups -OCH3 is 1. The summed E-state index contributed by atoms with van der Waals surface area (Å²) in [4.78, 5) is 0. The van der Waals surface area contributed by atoms with Crippen LogP contribution >= 0.6 is 11.6 Å². The molecule has 0 saturated carbocycles. The summed E-state index contributed by atoms with van der Waals surface area (Å²) in [5.74, 6) is 0.0392. The molecule has 3 heteroatoms. The molecular formula is C12H17ClO2. The van der Waals surface area contributed by atoms with Gasteiger partial charge in [-0.3, -0.25) is 0 Å². The minimum absolute atomic E-state index is 0.0392. The fourth-order valence-corrected chi connectivity index (χ4v) is 1.89. The minimum Gasteiger partial charge on any atom is -0.382 e. The van der Waals surface area contributed by atoms with Crippen LogP contribution in [0.1, 0.15) is 19.4 Å². The highest BCUT2D eigenvalue weighted by Gasteiger charge is 2.34. The first kappa shape index (κ1) is 12.5. The van der Waals surface area contributed by atoms with E-state index in [0.29, 0.717) is 5.02 Å². The summed E-state index contributed by atoms with van der Waals surface area (Å²) in [6, 6.07) is 7.32. The average Bonchev–Trinajstić information content (AvgIpc) is 2.18. The Morgan fingerprint density at radius 2 is 2.00 bits per heavy atom. The van der Waals surface area contributed by atoms with Gasteiger partial charge in [0.25, 0.3) is 0 Å². The molecule has 2 nitrogen and oxygen atoms in total. The van der Waals surface area contributed by atoms with Crippen LogP contribution in [0.25, 0.3) is 0 Å². The predicted octanol–water partition coefficient (Wildman–Crippen LogP) is 2.83. The second-order valence-corrected chi connectivity index (χ2v) is 4.40. The van der Waals surface area contributed by atoms with Gasteiger partial charge in [0.2, 0.25) is 0 Å². The molecule has 15 heavy (non-hydrogen) atoms. The predicted molar refractivity (Wildman–Crippen MR) is 62.1 cm³/mol. The Morgan fingerprint density at radius 1 is 1.40 bits per heavy atom. The van der Waals surface area contributed by atoms with Crippen molar-refractivity contribution in [3.63, 3.8) is 0 Å². The van der Waals surface area contributed by atoms with Gasteiger partial charge >= 0.3 is 0 Å². The molecule has 0 aromatic heterocycles. The van der Waals surface area contributed by atoms with Crippen LogP contribution in [0, 0.1) is 5.92 Å². The Morgan fingerprint density at radius 3 is 2.47 bits per heavy atom. The van der Waals surface area contributed by atoms with Gasteiger partial charge in [-0.2, -0.15) is 0 Å². The maximum Gasteiger partial charge on any atom is 0.117 e. The van der Waals surface area contributed by atoms with Crippen molar-refractivity contribution >= 4 is 11.6 Å². The molecule has 1 aromatic carbocycles. The summed E-state index contributed by atoms with van der Waals surface area (Å²) in [7, 11) is 1.57. The van der Waals surface area contributed by atoms with Gasteiger partial charge in [0.15, 0.2) is 0 Å². The van der Waals surface area contributed by atoms with Crippen molar-refractivity contribution in [3.8, 4) is 0 Å². The monoisotopic (exact) mass is 228 g/mol. The summed E-state index contributed by atoms with van der Waals surface area (Å²) in [6.07, 6.45) is 0. The zero-order valence-electron chi connectivity index (χ0n) is 9.33. The fraction of sp³-hybridized carbons (Fsp3) is 0.500. The van der Waals surface area contributed by atoms with Crippen molar-refractivity contribution in [3.05, 3.63) is 34.9 Å². The lowest BCUT2D eigenvalue weighted by Gasteiger charge is -2.32. The molecule has 0 aliphatic carbocycles. The molecule has 0 aliphatic rings. The minimum atomic E-state index is -1.02. The number of ether oxygens (including phenoxy) is 1. The maximum atomic E-state index is 10.5. The first-order valence-electron chi connectivity index (χ1n) is 4.98. The number of hydrogen-bond acceptors (Lipinski definition) is 2. The highest BCUT2D eigenvalue weighted by molar-refractivity contribution is 6.31. The SMILES string of the molecule is COCC(O)(c1ccccc1Cl)C(C)C. The molecular weight excluding hydrogens is 212 g/mol. The molecule has 0 heterocycles. The first-order valence-corrected chi connectivity index (χ1v) is 5.36. The molecule has 1 unspecified atom stereocenters. The van der Waals surface area contributed by atoms with Crippen molar-refractivity contribution < 1.29 is 9.84 Å². The number of benzene rings is 1. The molecule has 1 rings (SSSR count). The van der Waals surface area contributed by atoms with E-state index in [1.54, 1.807) is 13.2 Å². The van der Waals surface area contributed by atoms with E-state index in [9.17, 15) is 5.11 Å². The van der Waals surface area contributed by atoms with Gasteiger partial charge < -0.3 is 9.84 Å². The van der Waals surface area contributed by atoms with Crippen LogP contribution in [0.4, 0.5) is 0 Å². The van der Waals surface area contributed by atoms with E-state index in [1.807, 2.05) is 32.0 Å².